The van der Waals surface area contributed by atoms with E-state index in [4.69, 9.17) is 10.5 Å². The summed E-state index contributed by atoms with van der Waals surface area (Å²) in [6.07, 6.45) is 8.18. The highest BCUT2D eigenvalue weighted by molar-refractivity contribution is 5.44. The predicted octanol–water partition coefficient (Wildman–Crippen LogP) is 2.98. The summed E-state index contributed by atoms with van der Waals surface area (Å²) in [5, 5.41) is 3.34. The van der Waals surface area contributed by atoms with Crippen molar-refractivity contribution in [3.8, 4) is 0 Å². The third-order valence-electron chi connectivity index (χ3n) is 3.80. The molecule has 5 nitrogen and oxygen atoms in total. The molecule has 0 amide bonds. The van der Waals surface area contributed by atoms with Gasteiger partial charge in [0.05, 0.1) is 0 Å². The Morgan fingerprint density at radius 3 is 2.90 bits per heavy atom. The molecular weight excluding hydrogens is 252 g/mol. The van der Waals surface area contributed by atoms with Gasteiger partial charge in [0.25, 0.3) is 0 Å². The van der Waals surface area contributed by atoms with E-state index in [2.05, 4.69) is 15.3 Å². The summed E-state index contributed by atoms with van der Waals surface area (Å²) >= 11 is 0. The number of hydrogen-bond acceptors (Lipinski definition) is 5. The Labute approximate surface area is 121 Å². The normalized spacial score (nSPS) is 15.7. The molecule has 3 N–H and O–H groups in total. The van der Waals surface area contributed by atoms with Crippen LogP contribution >= 0.6 is 0 Å². The lowest BCUT2D eigenvalue weighted by atomic mass is 10.0. The van der Waals surface area contributed by atoms with Crippen LogP contribution in [0.2, 0.25) is 0 Å². The minimum Gasteiger partial charge on any atom is -0.384 e. The molecule has 5 heteroatoms. The first-order valence-electron chi connectivity index (χ1n) is 7.73. The van der Waals surface area contributed by atoms with Gasteiger partial charge in [-0.2, -0.15) is 0 Å². The van der Waals surface area contributed by atoms with Crippen LogP contribution in [-0.2, 0) is 11.3 Å². The largest absolute Gasteiger partial charge is 0.384 e. The highest BCUT2D eigenvalue weighted by Crippen LogP contribution is 2.28. The van der Waals surface area contributed by atoms with Crippen molar-refractivity contribution >= 4 is 11.6 Å². The molecule has 20 heavy (non-hydrogen) atoms. The molecule has 0 unspecified atom stereocenters. The molecule has 0 aromatic carbocycles. The number of rotatable bonds is 8. The third kappa shape index (κ3) is 4.96. The van der Waals surface area contributed by atoms with Gasteiger partial charge in [0.15, 0.2) is 5.82 Å². The SMILES string of the molecule is CCOCc1nc(N)cc(NCCCC2CCCC2)n1. The smallest absolute Gasteiger partial charge is 0.158 e. The maximum atomic E-state index is 5.79. The highest BCUT2D eigenvalue weighted by Gasteiger charge is 2.13. The van der Waals surface area contributed by atoms with E-state index >= 15 is 0 Å². The Hall–Kier alpha value is -1.36. The van der Waals surface area contributed by atoms with Gasteiger partial charge < -0.3 is 15.8 Å². The van der Waals surface area contributed by atoms with Crippen LogP contribution in [0.25, 0.3) is 0 Å². The number of nitrogens with one attached hydrogen (secondary N) is 1. The van der Waals surface area contributed by atoms with E-state index in [0.29, 0.717) is 24.9 Å². The summed E-state index contributed by atoms with van der Waals surface area (Å²) in [6, 6.07) is 1.78. The lowest BCUT2D eigenvalue weighted by molar-refractivity contribution is 0.128. The van der Waals surface area contributed by atoms with Gasteiger partial charge >= 0.3 is 0 Å². The second-order valence-corrected chi connectivity index (χ2v) is 5.45. The molecule has 1 heterocycles. The molecule has 0 spiro atoms. The highest BCUT2D eigenvalue weighted by atomic mass is 16.5. The fourth-order valence-electron chi connectivity index (χ4n) is 2.77. The van der Waals surface area contributed by atoms with Crippen LogP contribution in [-0.4, -0.2) is 23.1 Å². The molecule has 0 aliphatic heterocycles. The van der Waals surface area contributed by atoms with E-state index in [1.807, 2.05) is 6.92 Å². The number of anilines is 2. The fourth-order valence-corrected chi connectivity index (χ4v) is 2.77. The molecule has 1 aliphatic carbocycles. The molecule has 1 fully saturated rings. The van der Waals surface area contributed by atoms with Gasteiger partial charge in [0.2, 0.25) is 0 Å². The maximum Gasteiger partial charge on any atom is 0.158 e. The molecule has 112 valence electrons. The number of nitrogens with two attached hydrogens (primary N) is 1. The van der Waals surface area contributed by atoms with Crippen molar-refractivity contribution in [2.45, 2.75) is 52.1 Å². The molecule has 2 rings (SSSR count). The molecule has 0 atom stereocenters. The minimum atomic E-state index is 0.415. The van der Waals surface area contributed by atoms with Crippen molar-refractivity contribution in [1.29, 1.82) is 0 Å². The van der Waals surface area contributed by atoms with E-state index in [-0.39, 0.29) is 0 Å². The van der Waals surface area contributed by atoms with Gasteiger partial charge in [-0.1, -0.05) is 25.7 Å². The molecule has 0 radical (unpaired) electrons. The van der Waals surface area contributed by atoms with Gasteiger partial charge in [0, 0.05) is 19.2 Å². The first kappa shape index (κ1) is 15.0. The first-order chi connectivity index (χ1) is 9.78. The Morgan fingerprint density at radius 1 is 1.35 bits per heavy atom. The summed E-state index contributed by atoms with van der Waals surface area (Å²) in [7, 11) is 0. The zero-order valence-electron chi connectivity index (χ0n) is 12.4. The molecule has 1 aromatic rings. The number of nitrogens with zero attached hydrogens (tertiary/aromatic N) is 2. The second kappa shape index (κ2) is 8.04. The van der Waals surface area contributed by atoms with Crippen LogP contribution in [0.4, 0.5) is 11.6 Å². The Morgan fingerprint density at radius 2 is 2.15 bits per heavy atom. The molecule has 0 saturated heterocycles. The van der Waals surface area contributed by atoms with Gasteiger partial charge in [-0.05, 0) is 25.7 Å². The van der Waals surface area contributed by atoms with Crippen molar-refractivity contribution in [1.82, 2.24) is 9.97 Å². The molecule has 1 saturated carbocycles. The van der Waals surface area contributed by atoms with E-state index in [9.17, 15) is 0 Å². The standard InChI is InChI=1S/C15H26N4O/c1-2-20-11-15-18-13(16)10-14(19-15)17-9-5-8-12-6-3-4-7-12/h10,12H,2-9,11H2,1H3,(H3,16,17,18,19). The maximum absolute atomic E-state index is 5.79. The quantitative estimate of drug-likeness (QED) is 0.715. The van der Waals surface area contributed by atoms with Crippen LogP contribution in [0, 0.1) is 5.92 Å². The summed E-state index contributed by atoms with van der Waals surface area (Å²) in [6.45, 7) is 3.97. The lowest BCUT2D eigenvalue weighted by Gasteiger charge is -2.11. The van der Waals surface area contributed by atoms with Crippen LogP contribution < -0.4 is 11.1 Å². The summed E-state index contributed by atoms with van der Waals surface area (Å²) in [5.74, 6) is 2.89. The number of aromatic nitrogens is 2. The van der Waals surface area contributed by atoms with Crippen molar-refractivity contribution in [3.63, 3.8) is 0 Å². The number of ether oxygens (including phenoxy) is 1. The van der Waals surface area contributed by atoms with Crippen LogP contribution in [0.3, 0.4) is 0 Å². The van der Waals surface area contributed by atoms with Crippen LogP contribution in [0.15, 0.2) is 6.07 Å². The zero-order chi connectivity index (χ0) is 14.2. The lowest BCUT2D eigenvalue weighted by Crippen LogP contribution is -2.09. The van der Waals surface area contributed by atoms with Gasteiger partial charge in [-0.25, -0.2) is 9.97 Å². The Kier molecular flexibility index (Phi) is 6.05. The van der Waals surface area contributed by atoms with E-state index in [1.165, 1.54) is 38.5 Å². The van der Waals surface area contributed by atoms with Crippen molar-refractivity contribution < 1.29 is 4.74 Å². The van der Waals surface area contributed by atoms with Crippen LogP contribution in [0.5, 0.6) is 0 Å². The van der Waals surface area contributed by atoms with Gasteiger partial charge in [-0.15, -0.1) is 0 Å². The van der Waals surface area contributed by atoms with Crippen molar-refractivity contribution in [2.24, 2.45) is 5.92 Å². The summed E-state index contributed by atoms with van der Waals surface area (Å²) in [5.41, 5.74) is 5.79. The average Bonchev–Trinajstić information content (AvgIpc) is 2.94. The Bertz CT molecular complexity index is 405. The summed E-state index contributed by atoms with van der Waals surface area (Å²) < 4.78 is 5.31. The predicted molar refractivity (Wildman–Crippen MR) is 81.5 cm³/mol. The second-order valence-electron chi connectivity index (χ2n) is 5.45. The van der Waals surface area contributed by atoms with Crippen LogP contribution in [0.1, 0.15) is 51.3 Å². The monoisotopic (exact) mass is 278 g/mol. The Balaban J connectivity index is 1.74. The van der Waals surface area contributed by atoms with Crippen molar-refractivity contribution in [2.75, 3.05) is 24.2 Å². The minimum absolute atomic E-state index is 0.415. The zero-order valence-corrected chi connectivity index (χ0v) is 12.4. The van der Waals surface area contributed by atoms with E-state index < -0.39 is 0 Å². The topological polar surface area (TPSA) is 73.1 Å². The molecule has 0 bridgehead atoms. The summed E-state index contributed by atoms with van der Waals surface area (Å²) in [4.78, 5) is 8.58. The third-order valence-corrected chi connectivity index (χ3v) is 3.80. The number of hydrogen-bond donors (Lipinski definition) is 2. The van der Waals surface area contributed by atoms with Gasteiger partial charge in [-0.3, -0.25) is 0 Å². The van der Waals surface area contributed by atoms with Crippen molar-refractivity contribution in [3.05, 3.63) is 11.9 Å². The molecule has 1 aromatic heterocycles. The molecular formula is C15H26N4O. The van der Waals surface area contributed by atoms with E-state index in [1.54, 1.807) is 6.07 Å². The van der Waals surface area contributed by atoms with Gasteiger partial charge in [0.1, 0.15) is 18.2 Å². The van der Waals surface area contributed by atoms with E-state index in [0.717, 1.165) is 18.3 Å². The molecule has 1 aliphatic rings. The average molecular weight is 278 g/mol. The fraction of sp³-hybridized carbons (Fsp3) is 0.733. The number of nitrogen functional groups attached to an aromatic ring is 1. The first-order valence-corrected chi connectivity index (χ1v) is 7.73.